The Bertz CT molecular complexity index is 383. The van der Waals surface area contributed by atoms with Crippen LogP contribution in [0.4, 0.5) is 5.69 Å². The molecule has 0 amide bonds. The molecule has 0 saturated heterocycles. The van der Waals surface area contributed by atoms with E-state index in [0.29, 0.717) is 5.56 Å². The van der Waals surface area contributed by atoms with Crippen molar-refractivity contribution in [3.05, 3.63) is 39.4 Å². The SMILES string of the molecule is Cc1cc(C(=O)O)ccc1[N+](=O)[O-].[H-].[Na+]. The van der Waals surface area contributed by atoms with Crippen molar-refractivity contribution in [2.45, 2.75) is 6.92 Å². The van der Waals surface area contributed by atoms with Crippen LogP contribution in [0.1, 0.15) is 17.3 Å². The van der Waals surface area contributed by atoms with Crippen molar-refractivity contribution in [1.82, 2.24) is 0 Å². The van der Waals surface area contributed by atoms with E-state index in [2.05, 4.69) is 0 Å². The molecule has 0 atom stereocenters. The van der Waals surface area contributed by atoms with Crippen LogP contribution >= 0.6 is 0 Å². The van der Waals surface area contributed by atoms with E-state index in [1.807, 2.05) is 0 Å². The summed E-state index contributed by atoms with van der Waals surface area (Å²) >= 11 is 0. The van der Waals surface area contributed by atoms with Crippen LogP contribution in [0.3, 0.4) is 0 Å². The molecule has 0 saturated carbocycles. The molecule has 70 valence electrons. The average Bonchev–Trinajstić information content (AvgIpc) is 2.03. The Morgan fingerprint density at radius 2 is 2.14 bits per heavy atom. The molecule has 0 aliphatic heterocycles. The number of nitro groups is 1. The number of carboxylic acid groups (broad SMARTS) is 1. The summed E-state index contributed by atoms with van der Waals surface area (Å²) in [6.45, 7) is 1.50. The van der Waals surface area contributed by atoms with Gasteiger partial charge in [0.05, 0.1) is 10.5 Å². The van der Waals surface area contributed by atoms with Crippen molar-refractivity contribution < 1.29 is 45.8 Å². The minimum absolute atomic E-state index is 0. The Morgan fingerprint density at radius 1 is 1.57 bits per heavy atom. The Labute approximate surface area is 104 Å². The van der Waals surface area contributed by atoms with E-state index in [-0.39, 0.29) is 42.2 Å². The zero-order valence-corrected chi connectivity index (χ0v) is 9.85. The Kier molecular flexibility index (Phi) is 4.76. The molecule has 0 unspecified atom stereocenters. The van der Waals surface area contributed by atoms with Crippen LogP contribution < -0.4 is 29.6 Å². The van der Waals surface area contributed by atoms with Gasteiger partial charge >= 0.3 is 35.5 Å². The number of benzene rings is 1. The summed E-state index contributed by atoms with van der Waals surface area (Å²) in [5, 5.41) is 18.9. The maximum absolute atomic E-state index is 10.5. The average molecular weight is 205 g/mol. The standard InChI is InChI=1S/C8H7NO4.Na.H/c1-5-4-6(8(10)11)2-3-7(5)9(12)13;;/h2-4H,1H3,(H,10,11);;/q;+1;-1. The van der Waals surface area contributed by atoms with Gasteiger partial charge in [0.25, 0.3) is 5.69 Å². The molecular weight excluding hydrogens is 197 g/mol. The number of nitro benzene ring substituents is 1. The summed E-state index contributed by atoms with van der Waals surface area (Å²) in [5.74, 6) is -1.09. The van der Waals surface area contributed by atoms with Gasteiger partial charge in [-0.2, -0.15) is 0 Å². The molecule has 5 nitrogen and oxygen atoms in total. The Balaban J connectivity index is 0. The first-order chi connectivity index (χ1) is 6.02. The molecule has 0 aliphatic rings. The summed E-state index contributed by atoms with van der Waals surface area (Å²) in [6.07, 6.45) is 0. The van der Waals surface area contributed by atoms with Gasteiger partial charge < -0.3 is 6.53 Å². The monoisotopic (exact) mass is 205 g/mol. The minimum atomic E-state index is -1.09. The van der Waals surface area contributed by atoms with Gasteiger partial charge in [-0.25, -0.2) is 4.79 Å². The number of aromatic carboxylic acids is 1. The van der Waals surface area contributed by atoms with Gasteiger partial charge in [0.15, 0.2) is 0 Å². The largest absolute Gasteiger partial charge is 1.00 e. The van der Waals surface area contributed by atoms with E-state index in [4.69, 9.17) is 5.11 Å². The van der Waals surface area contributed by atoms with E-state index in [1.54, 1.807) is 0 Å². The number of carboxylic acids is 1. The van der Waals surface area contributed by atoms with Crippen LogP contribution in [0.2, 0.25) is 0 Å². The molecule has 14 heavy (non-hydrogen) atoms. The van der Waals surface area contributed by atoms with Crippen molar-refractivity contribution in [3.8, 4) is 0 Å². The molecule has 0 bridgehead atoms. The molecule has 0 spiro atoms. The van der Waals surface area contributed by atoms with Crippen LogP contribution in [0.5, 0.6) is 0 Å². The van der Waals surface area contributed by atoms with Gasteiger partial charge in [0.2, 0.25) is 0 Å². The number of carbonyl (C=O) groups is 1. The maximum atomic E-state index is 10.5. The summed E-state index contributed by atoms with van der Waals surface area (Å²) in [4.78, 5) is 20.3. The topological polar surface area (TPSA) is 80.4 Å². The predicted molar refractivity (Wildman–Crippen MR) is 45.9 cm³/mol. The molecule has 0 aromatic heterocycles. The van der Waals surface area contributed by atoms with Crippen molar-refractivity contribution in [2.75, 3.05) is 0 Å². The first-order valence-corrected chi connectivity index (χ1v) is 3.50. The van der Waals surface area contributed by atoms with E-state index in [0.717, 1.165) is 0 Å². The second-order valence-corrected chi connectivity index (χ2v) is 2.56. The van der Waals surface area contributed by atoms with Gasteiger partial charge in [-0.05, 0) is 19.1 Å². The fraction of sp³-hybridized carbons (Fsp3) is 0.125. The molecule has 1 aromatic carbocycles. The van der Waals surface area contributed by atoms with Crippen LogP contribution in [0, 0.1) is 17.0 Å². The van der Waals surface area contributed by atoms with Gasteiger partial charge in [0, 0.05) is 11.6 Å². The van der Waals surface area contributed by atoms with Crippen molar-refractivity contribution in [2.24, 2.45) is 0 Å². The van der Waals surface area contributed by atoms with Crippen molar-refractivity contribution in [1.29, 1.82) is 0 Å². The number of hydrogen-bond donors (Lipinski definition) is 1. The van der Waals surface area contributed by atoms with Crippen LogP contribution in [0.25, 0.3) is 0 Å². The third-order valence-electron chi connectivity index (χ3n) is 1.64. The number of nitrogens with zero attached hydrogens (tertiary/aromatic N) is 1. The van der Waals surface area contributed by atoms with Crippen LogP contribution in [0.15, 0.2) is 18.2 Å². The zero-order chi connectivity index (χ0) is 10.0. The predicted octanol–water partition coefficient (Wildman–Crippen LogP) is -1.28. The fourth-order valence-electron chi connectivity index (χ4n) is 0.993. The number of rotatable bonds is 2. The number of aryl methyl sites for hydroxylation is 1. The minimum Gasteiger partial charge on any atom is -1.00 e. The molecule has 1 rings (SSSR count). The molecule has 1 N–H and O–H groups in total. The molecule has 0 fully saturated rings. The Hall–Kier alpha value is -0.910. The summed E-state index contributed by atoms with van der Waals surface area (Å²) in [6, 6.07) is 3.69. The molecule has 0 radical (unpaired) electrons. The summed E-state index contributed by atoms with van der Waals surface area (Å²) in [7, 11) is 0. The molecule has 0 aliphatic carbocycles. The van der Waals surface area contributed by atoms with Crippen LogP contribution in [-0.2, 0) is 0 Å². The molecule has 6 heteroatoms. The van der Waals surface area contributed by atoms with E-state index >= 15 is 0 Å². The first kappa shape index (κ1) is 13.1. The smallest absolute Gasteiger partial charge is 1.00 e. The van der Waals surface area contributed by atoms with E-state index in [9.17, 15) is 14.9 Å². The van der Waals surface area contributed by atoms with Crippen molar-refractivity contribution in [3.63, 3.8) is 0 Å². The van der Waals surface area contributed by atoms with Gasteiger partial charge in [-0.1, -0.05) is 0 Å². The summed E-state index contributed by atoms with van der Waals surface area (Å²) in [5.41, 5.74) is 0.345. The van der Waals surface area contributed by atoms with Crippen molar-refractivity contribution >= 4 is 11.7 Å². The maximum Gasteiger partial charge on any atom is 1.00 e. The van der Waals surface area contributed by atoms with E-state index < -0.39 is 10.9 Å². The molecular formula is C8H8NNaO4. The fourth-order valence-corrected chi connectivity index (χ4v) is 0.993. The van der Waals surface area contributed by atoms with Gasteiger partial charge in [0.1, 0.15) is 0 Å². The number of hydrogen-bond acceptors (Lipinski definition) is 3. The molecule has 1 aromatic rings. The zero-order valence-electron chi connectivity index (χ0n) is 8.85. The third-order valence-corrected chi connectivity index (χ3v) is 1.64. The van der Waals surface area contributed by atoms with Gasteiger partial charge in [-0.15, -0.1) is 0 Å². The second kappa shape index (κ2) is 5.09. The van der Waals surface area contributed by atoms with Crippen LogP contribution in [-0.4, -0.2) is 16.0 Å². The third kappa shape index (κ3) is 2.80. The molecule has 0 heterocycles. The Morgan fingerprint density at radius 3 is 2.50 bits per heavy atom. The second-order valence-electron chi connectivity index (χ2n) is 2.56. The van der Waals surface area contributed by atoms with E-state index in [1.165, 1.54) is 25.1 Å². The quantitative estimate of drug-likeness (QED) is 0.370. The normalized spacial score (nSPS) is 8.93. The summed E-state index contributed by atoms with van der Waals surface area (Å²) < 4.78 is 0. The van der Waals surface area contributed by atoms with Gasteiger partial charge in [-0.3, -0.25) is 10.1 Å². The first-order valence-electron chi connectivity index (χ1n) is 3.50.